The molecule has 0 aliphatic rings. The highest BCUT2D eigenvalue weighted by Gasteiger charge is 2.21. The van der Waals surface area contributed by atoms with Crippen molar-refractivity contribution < 1.29 is 18.0 Å². The van der Waals surface area contributed by atoms with Crippen molar-refractivity contribution in [2.24, 2.45) is 0 Å². The van der Waals surface area contributed by atoms with Crippen LogP contribution in [0.1, 0.15) is 22.5 Å². The Balaban J connectivity index is 3.39. The van der Waals surface area contributed by atoms with Crippen molar-refractivity contribution in [2.45, 2.75) is 6.43 Å². The highest BCUT2D eigenvalue weighted by molar-refractivity contribution is 9.10. The van der Waals surface area contributed by atoms with Crippen molar-refractivity contribution in [3.05, 3.63) is 27.7 Å². The number of carbonyl (C=O) groups is 1. The number of nitrogens with zero attached hydrogens (tertiary/aromatic N) is 1. The minimum atomic E-state index is -3.00. The molecule has 0 bridgehead atoms. The maximum Gasteiger partial charge on any atom is 0.271 e. The van der Waals surface area contributed by atoms with Crippen LogP contribution in [-0.4, -0.2) is 10.2 Å². The summed E-state index contributed by atoms with van der Waals surface area (Å²) in [5.41, 5.74) is -1.46. The molecular weight excluding hydrogens is 286 g/mol. The molecule has 0 amide bonds. The van der Waals surface area contributed by atoms with Gasteiger partial charge >= 0.3 is 0 Å². The van der Waals surface area contributed by atoms with Crippen molar-refractivity contribution in [3.8, 4) is 0 Å². The monoisotopic (exact) mass is 287 g/mol. The lowest BCUT2D eigenvalue weighted by Crippen LogP contribution is -2.04. The molecule has 76 valence electrons. The van der Waals surface area contributed by atoms with Gasteiger partial charge in [-0.3, -0.25) is 4.79 Å². The van der Waals surface area contributed by atoms with Crippen LogP contribution < -0.4 is 0 Å². The van der Waals surface area contributed by atoms with Crippen LogP contribution in [0.2, 0.25) is 0 Å². The van der Waals surface area contributed by atoms with E-state index in [0.29, 0.717) is 6.07 Å². The Morgan fingerprint density at radius 1 is 1.57 bits per heavy atom. The van der Waals surface area contributed by atoms with E-state index in [4.69, 9.17) is 11.6 Å². The maximum atomic E-state index is 12.8. The molecule has 14 heavy (non-hydrogen) atoms. The lowest BCUT2D eigenvalue weighted by Gasteiger charge is -2.04. The summed E-state index contributed by atoms with van der Waals surface area (Å²) >= 11 is 7.65. The summed E-state index contributed by atoms with van der Waals surface area (Å²) in [4.78, 5) is 13.9. The van der Waals surface area contributed by atoms with Gasteiger partial charge in [0, 0.05) is 0 Å². The van der Waals surface area contributed by atoms with Crippen molar-refractivity contribution >= 4 is 32.8 Å². The van der Waals surface area contributed by atoms with E-state index in [9.17, 15) is 18.0 Å². The third-order valence-electron chi connectivity index (χ3n) is 1.38. The summed E-state index contributed by atoms with van der Waals surface area (Å²) < 4.78 is 37.0. The molecule has 0 aliphatic heterocycles. The molecule has 0 unspecified atom stereocenters. The van der Waals surface area contributed by atoms with E-state index in [0.717, 1.165) is 0 Å². The molecule has 0 saturated heterocycles. The van der Waals surface area contributed by atoms with Crippen LogP contribution in [0.25, 0.3) is 0 Å². The maximum absolute atomic E-state index is 12.8. The van der Waals surface area contributed by atoms with Crippen LogP contribution in [0.5, 0.6) is 0 Å². The van der Waals surface area contributed by atoms with Crippen LogP contribution in [0.3, 0.4) is 0 Å². The zero-order chi connectivity index (χ0) is 10.9. The Kier molecular flexibility index (Phi) is 3.49. The highest BCUT2D eigenvalue weighted by Crippen LogP contribution is 2.26. The first-order valence-corrected chi connectivity index (χ1v) is 4.44. The van der Waals surface area contributed by atoms with Crippen LogP contribution >= 0.6 is 27.5 Å². The first-order valence-electron chi connectivity index (χ1n) is 3.27. The molecule has 0 radical (unpaired) electrons. The van der Waals surface area contributed by atoms with Gasteiger partial charge in [-0.2, -0.15) is 0 Å². The average Bonchev–Trinajstić information content (AvgIpc) is 2.08. The van der Waals surface area contributed by atoms with Gasteiger partial charge in [0.15, 0.2) is 5.82 Å². The van der Waals surface area contributed by atoms with E-state index in [1.165, 1.54) is 0 Å². The zero-order valence-corrected chi connectivity index (χ0v) is 8.74. The molecule has 0 N–H and O–H groups in total. The van der Waals surface area contributed by atoms with Gasteiger partial charge in [-0.25, -0.2) is 18.2 Å². The van der Waals surface area contributed by atoms with Crippen molar-refractivity contribution in [3.63, 3.8) is 0 Å². The summed E-state index contributed by atoms with van der Waals surface area (Å²) in [6, 6.07) is 0.525. The van der Waals surface area contributed by atoms with Crippen molar-refractivity contribution in [1.82, 2.24) is 4.98 Å². The standard InChI is InChI=1S/C7H2BrClF3NO/c8-5-3(10)1-2(7(11)12)4(13-5)6(9)14/h1,7H. The predicted molar refractivity (Wildman–Crippen MR) is 47.0 cm³/mol. The van der Waals surface area contributed by atoms with Gasteiger partial charge in [0.1, 0.15) is 10.3 Å². The van der Waals surface area contributed by atoms with Gasteiger partial charge < -0.3 is 0 Å². The van der Waals surface area contributed by atoms with E-state index in [2.05, 4.69) is 20.9 Å². The Hall–Kier alpha value is -0.620. The van der Waals surface area contributed by atoms with Crippen LogP contribution in [-0.2, 0) is 0 Å². The van der Waals surface area contributed by atoms with Crippen molar-refractivity contribution in [1.29, 1.82) is 0 Å². The number of hydrogen-bond donors (Lipinski definition) is 0. The molecule has 0 atom stereocenters. The SMILES string of the molecule is O=C(Cl)c1nc(Br)c(F)cc1C(F)F. The molecule has 1 aromatic heterocycles. The summed E-state index contributed by atoms with van der Waals surface area (Å²) in [6.45, 7) is 0. The van der Waals surface area contributed by atoms with E-state index in [-0.39, 0.29) is 4.60 Å². The van der Waals surface area contributed by atoms with Gasteiger partial charge in [0.05, 0.1) is 5.56 Å². The molecule has 0 aromatic carbocycles. The highest BCUT2D eigenvalue weighted by atomic mass is 79.9. The molecule has 2 nitrogen and oxygen atoms in total. The van der Waals surface area contributed by atoms with Gasteiger partial charge in [-0.05, 0) is 33.6 Å². The molecule has 1 rings (SSSR count). The predicted octanol–water partition coefficient (Wildman–Crippen LogP) is 3.30. The lowest BCUT2D eigenvalue weighted by atomic mass is 10.2. The number of alkyl halides is 2. The van der Waals surface area contributed by atoms with Crippen LogP contribution in [0, 0.1) is 5.82 Å². The zero-order valence-electron chi connectivity index (χ0n) is 6.40. The summed E-state index contributed by atoms with van der Waals surface area (Å²) in [6.07, 6.45) is -3.00. The Labute approximate surface area is 90.2 Å². The fourth-order valence-electron chi connectivity index (χ4n) is 0.804. The number of pyridine rings is 1. The fraction of sp³-hybridized carbons (Fsp3) is 0.143. The molecule has 7 heteroatoms. The van der Waals surface area contributed by atoms with Gasteiger partial charge in [0.25, 0.3) is 11.7 Å². The quantitative estimate of drug-likeness (QED) is 0.617. The molecule has 0 aliphatic carbocycles. The smallest absolute Gasteiger partial charge is 0.271 e. The van der Waals surface area contributed by atoms with E-state index in [1.54, 1.807) is 0 Å². The molecule has 0 spiro atoms. The summed E-state index contributed by atoms with van der Waals surface area (Å²) in [5.74, 6) is -0.970. The Bertz CT molecular complexity index is 385. The largest absolute Gasteiger partial charge is 0.274 e. The van der Waals surface area contributed by atoms with Gasteiger partial charge in [-0.15, -0.1) is 0 Å². The van der Waals surface area contributed by atoms with Gasteiger partial charge in [-0.1, -0.05) is 0 Å². The average molecular weight is 288 g/mol. The lowest BCUT2D eigenvalue weighted by molar-refractivity contribution is 0.106. The van der Waals surface area contributed by atoms with E-state index >= 15 is 0 Å². The first-order chi connectivity index (χ1) is 6.43. The number of aromatic nitrogens is 1. The molecular formula is C7H2BrClF3NO. The van der Waals surface area contributed by atoms with Crippen LogP contribution in [0.15, 0.2) is 10.7 Å². The molecule has 0 saturated carbocycles. The van der Waals surface area contributed by atoms with Gasteiger partial charge in [0.2, 0.25) is 0 Å². The molecule has 1 heterocycles. The topological polar surface area (TPSA) is 30.0 Å². The van der Waals surface area contributed by atoms with E-state index in [1.807, 2.05) is 0 Å². The second-order valence-corrected chi connectivity index (χ2v) is 3.37. The number of halogens is 5. The normalized spacial score (nSPS) is 10.7. The molecule has 1 aromatic rings. The second kappa shape index (κ2) is 4.27. The minimum Gasteiger partial charge on any atom is -0.274 e. The third-order valence-corrected chi connectivity index (χ3v) is 2.12. The Morgan fingerprint density at radius 3 is 2.57 bits per heavy atom. The minimum absolute atomic E-state index is 0.328. The number of hydrogen-bond acceptors (Lipinski definition) is 2. The number of carbonyl (C=O) groups excluding carboxylic acids is 1. The summed E-state index contributed by atoms with van der Waals surface area (Å²) in [7, 11) is 0. The Morgan fingerprint density at radius 2 is 2.14 bits per heavy atom. The number of rotatable bonds is 2. The van der Waals surface area contributed by atoms with E-state index < -0.39 is 28.7 Å². The van der Waals surface area contributed by atoms with Crippen molar-refractivity contribution in [2.75, 3.05) is 0 Å². The first kappa shape index (κ1) is 11.5. The van der Waals surface area contributed by atoms with Crippen LogP contribution in [0.4, 0.5) is 13.2 Å². The third kappa shape index (κ3) is 2.24. The summed E-state index contributed by atoms with van der Waals surface area (Å²) in [5, 5.41) is -1.15. The molecule has 0 fully saturated rings. The second-order valence-electron chi connectivity index (χ2n) is 2.27. The fourth-order valence-corrected chi connectivity index (χ4v) is 1.25.